The SMILES string of the molecule is Nc1ncc(-c2ccc(F)nc2)cc1C(=O)N[C@H]1CCC[C@@H]1OCc1ccc(-c2ccc3c(c2)C[C@H](F)[C@@H]3N2CCN(CCO)CC2)cc1. The molecule has 9 nitrogen and oxygen atoms in total. The minimum absolute atomic E-state index is 0.118. The van der Waals surface area contributed by atoms with Crippen LogP contribution in [-0.2, 0) is 17.8 Å². The first-order valence-corrected chi connectivity index (χ1v) is 17.1. The van der Waals surface area contributed by atoms with Crippen molar-refractivity contribution in [1.82, 2.24) is 25.1 Å². The third-order valence-electron chi connectivity index (χ3n) is 10.2. The van der Waals surface area contributed by atoms with Gasteiger partial charge in [-0.15, -0.1) is 0 Å². The minimum atomic E-state index is -0.920. The zero-order valence-electron chi connectivity index (χ0n) is 27.4. The van der Waals surface area contributed by atoms with Gasteiger partial charge in [-0.25, -0.2) is 14.4 Å². The number of β-amino-alcohol motifs (C(OH)–C–C–N with tert-alkyl or cyclic N) is 1. The highest BCUT2D eigenvalue weighted by Gasteiger charge is 2.38. The summed E-state index contributed by atoms with van der Waals surface area (Å²) in [6.07, 6.45) is 4.86. The molecule has 2 fully saturated rings. The second kappa shape index (κ2) is 14.7. The number of halogens is 2. The molecule has 4 atom stereocenters. The summed E-state index contributed by atoms with van der Waals surface area (Å²) < 4.78 is 35.0. The van der Waals surface area contributed by atoms with Crippen molar-refractivity contribution in [3.05, 3.63) is 101 Å². The largest absolute Gasteiger partial charge is 0.395 e. The fourth-order valence-corrected chi connectivity index (χ4v) is 7.49. The molecule has 1 saturated carbocycles. The second-order valence-electron chi connectivity index (χ2n) is 13.3. The number of aromatic nitrogens is 2. The summed E-state index contributed by atoms with van der Waals surface area (Å²) >= 11 is 0. The van der Waals surface area contributed by atoms with Crippen molar-refractivity contribution < 1.29 is 23.4 Å². The van der Waals surface area contributed by atoms with Gasteiger partial charge in [-0.05, 0) is 65.3 Å². The lowest BCUT2D eigenvalue weighted by Crippen LogP contribution is -2.49. The molecule has 0 radical (unpaired) electrons. The number of rotatable bonds is 10. The smallest absolute Gasteiger partial charge is 0.255 e. The van der Waals surface area contributed by atoms with Crippen molar-refractivity contribution >= 4 is 11.7 Å². The van der Waals surface area contributed by atoms with Gasteiger partial charge in [0.25, 0.3) is 5.91 Å². The number of pyridine rings is 2. The molecule has 0 unspecified atom stereocenters. The van der Waals surface area contributed by atoms with Crippen LogP contribution >= 0.6 is 0 Å². The van der Waals surface area contributed by atoms with Crippen molar-refractivity contribution in [3.63, 3.8) is 0 Å². The predicted octanol–water partition coefficient (Wildman–Crippen LogP) is 4.94. The maximum absolute atomic E-state index is 15.3. The number of aliphatic hydroxyl groups excluding tert-OH is 1. The fourth-order valence-electron chi connectivity index (χ4n) is 7.49. The molecule has 4 N–H and O–H groups in total. The number of alkyl halides is 1. The normalized spacial score (nSPS) is 22.7. The van der Waals surface area contributed by atoms with Gasteiger partial charge in [-0.2, -0.15) is 4.39 Å². The summed E-state index contributed by atoms with van der Waals surface area (Å²) in [7, 11) is 0. The average molecular weight is 669 g/mol. The Bertz CT molecular complexity index is 1760. The third-order valence-corrected chi connectivity index (χ3v) is 10.2. The summed E-state index contributed by atoms with van der Waals surface area (Å²) in [5.41, 5.74) is 12.9. The summed E-state index contributed by atoms with van der Waals surface area (Å²) in [6, 6.07) is 18.7. The molecule has 0 spiro atoms. The van der Waals surface area contributed by atoms with E-state index in [0.717, 1.165) is 73.3 Å². The van der Waals surface area contributed by atoms with Gasteiger partial charge in [0.15, 0.2) is 0 Å². The zero-order valence-corrected chi connectivity index (χ0v) is 27.4. The Balaban J connectivity index is 0.951. The lowest BCUT2D eigenvalue weighted by molar-refractivity contribution is 0.0272. The number of amides is 1. The summed E-state index contributed by atoms with van der Waals surface area (Å²) in [5.74, 6) is -0.791. The van der Waals surface area contributed by atoms with E-state index >= 15 is 4.39 Å². The lowest BCUT2D eigenvalue weighted by atomic mass is 9.98. The summed E-state index contributed by atoms with van der Waals surface area (Å²) in [6.45, 7) is 4.55. The van der Waals surface area contributed by atoms with E-state index in [0.29, 0.717) is 30.7 Å². The number of anilines is 1. The zero-order chi connectivity index (χ0) is 33.9. The van der Waals surface area contributed by atoms with Crippen LogP contribution in [-0.4, -0.2) is 88.4 Å². The van der Waals surface area contributed by atoms with Crippen LogP contribution in [0.4, 0.5) is 14.6 Å². The van der Waals surface area contributed by atoms with E-state index in [9.17, 15) is 14.3 Å². The second-order valence-corrected chi connectivity index (χ2v) is 13.3. The number of hydrogen-bond acceptors (Lipinski definition) is 8. The molecule has 0 bridgehead atoms. The first-order chi connectivity index (χ1) is 23.9. The quantitative estimate of drug-likeness (QED) is 0.204. The lowest BCUT2D eigenvalue weighted by Gasteiger charge is -2.38. The number of benzene rings is 2. The van der Waals surface area contributed by atoms with E-state index in [4.69, 9.17) is 10.5 Å². The van der Waals surface area contributed by atoms with Crippen molar-refractivity contribution in [2.75, 3.05) is 45.1 Å². The van der Waals surface area contributed by atoms with E-state index in [1.165, 1.54) is 18.5 Å². The third kappa shape index (κ3) is 7.35. The Morgan fingerprint density at radius 2 is 1.69 bits per heavy atom. The maximum Gasteiger partial charge on any atom is 0.255 e. The van der Waals surface area contributed by atoms with Crippen LogP contribution < -0.4 is 11.1 Å². The molecule has 1 saturated heterocycles. The number of hydrogen-bond donors (Lipinski definition) is 3. The summed E-state index contributed by atoms with van der Waals surface area (Å²) in [5, 5.41) is 12.3. The van der Waals surface area contributed by atoms with Gasteiger partial charge in [0.2, 0.25) is 5.95 Å². The number of aliphatic hydroxyl groups is 1. The number of nitrogens with one attached hydrogen (secondary N) is 1. The van der Waals surface area contributed by atoms with Gasteiger partial charge in [0.1, 0.15) is 12.0 Å². The van der Waals surface area contributed by atoms with Gasteiger partial charge in [0.05, 0.1) is 37.0 Å². The van der Waals surface area contributed by atoms with E-state index in [1.54, 1.807) is 12.1 Å². The highest BCUT2D eigenvalue weighted by Crippen LogP contribution is 2.40. The number of fused-ring (bicyclic) bond motifs is 1. The Hall–Kier alpha value is -4.29. The monoisotopic (exact) mass is 668 g/mol. The van der Waals surface area contributed by atoms with Gasteiger partial charge < -0.3 is 20.9 Å². The maximum atomic E-state index is 15.3. The average Bonchev–Trinajstić information content (AvgIpc) is 3.70. The van der Waals surface area contributed by atoms with Crippen molar-refractivity contribution in [1.29, 1.82) is 0 Å². The Kier molecular flexibility index (Phi) is 9.95. The van der Waals surface area contributed by atoms with Crippen LogP contribution in [0.2, 0.25) is 0 Å². The number of carbonyl (C=O) groups is 1. The number of piperazine rings is 1. The molecule has 2 aromatic carbocycles. The fraction of sp³-hybridized carbons (Fsp3) is 0.395. The molecular weight excluding hydrogens is 626 g/mol. The number of nitrogen functional groups attached to an aromatic ring is 1. The topological polar surface area (TPSA) is 117 Å². The predicted molar refractivity (Wildman–Crippen MR) is 184 cm³/mol. The number of carbonyl (C=O) groups excluding carboxylic acids is 1. The van der Waals surface area contributed by atoms with E-state index in [1.807, 2.05) is 0 Å². The van der Waals surface area contributed by atoms with E-state index in [-0.39, 0.29) is 42.1 Å². The molecule has 49 heavy (non-hydrogen) atoms. The molecule has 3 aliphatic rings. The van der Waals surface area contributed by atoms with Gasteiger partial charge >= 0.3 is 0 Å². The van der Waals surface area contributed by atoms with Gasteiger partial charge in [0, 0.05) is 62.7 Å². The van der Waals surface area contributed by atoms with Crippen LogP contribution in [0.25, 0.3) is 22.3 Å². The first-order valence-electron chi connectivity index (χ1n) is 17.1. The van der Waals surface area contributed by atoms with Gasteiger partial charge in [-0.1, -0.05) is 42.5 Å². The van der Waals surface area contributed by atoms with E-state index < -0.39 is 12.1 Å². The van der Waals surface area contributed by atoms with Crippen LogP contribution in [0.15, 0.2) is 73.1 Å². The van der Waals surface area contributed by atoms with Crippen molar-refractivity contribution in [2.24, 2.45) is 0 Å². The Labute approximate surface area is 285 Å². The molecule has 11 heteroatoms. The minimum Gasteiger partial charge on any atom is -0.395 e. The molecule has 1 amide bonds. The van der Waals surface area contributed by atoms with Crippen molar-refractivity contribution in [2.45, 2.75) is 56.6 Å². The van der Waals surface area contributed by atoms with Crippen molar-refractivity contribution in [3.8, 4) is 22.3 Å². The Morgan fingerprint density at radius 1 is 0.939 bits per heavy atom. The molecule has 2 aromatic heterocycles. The van der Waals surface area contributed by atoms with Crippen LogP contribution in [0.3, 0.4) is 0 Å². The number of nitrogens with zero attached hydrogens (tertiary/aromatic N) is 4. The number of ether oxygens (including phenoxy) is 1. The first kappa shape index (κ1) is 33.2. The summed E-state index contributed by atoms with van der Waals surface area (Å²) in [4.78, 5) is 25.6. The Morgan fingerprint density at radius 3 is 2.45 bits per heavy atom. The molecule has 7 rings (SSSR count). The molecule has 256 valence electrons. The molecular formula is C38H42F2N6O3. The standard InChI is InChI=1S/C38H42F2N6O3/c39-32-20-28-18-26(8-10-30(28)36(32)46-14-12-45(13-15-46)16-17-47)25-6-4-24(5-7-25)23-49-34-3-1-2-33(34)44-38(48)31-19-29(22-43-37(31)41)27-9-11-35(40)42-21-27/h4-11,18-19,21-22,32-34,36,47H,1-3,12-17,20,23H2,(H2,41,43)(H,44,48)/t32-,33-,34-,36+/m0/s1. The van der Waals surface area contributed by atoms with Gasteiger partial charge in [-0.3, -0.25) is 14.6 Å². The molecule has 1 aliphatic heterocycles. The highest BCUT2D eigenvalue weighted by molar-refractivity contribution is 5.99. The molecule has 3 heterocycles. The highest BCUT2D eigenvalue weighted by atomic mass is 19.1. The molecule has 4 aromatic rings. The molecule has 2 aliphatic carbocycles. The van der Waals surface area contributed by atoms with Crippen LogP contribution in [0.5, 0.6) is 0 Å². The van der Waals surface area contributed by atoms with E-state index in [2.05, 4.69) is 67.5 Å². The van der Waals surface area contributed by atoms with Crippen LogP contribution in [0.1, 0.15) is 52.4 Å². The number of nitrogens with two attached hydrogens (primary N) is 1. The van der Waals surface area contributed by atoms with Crippen LogP contribution in [0, 0.1) is 5.95 Å².